The number of fused-ring (bicyclic) bond motifs is 1. The third-order valence-corrected chi connectivity index (χ3v) is 3.76. The summed E-state index contributed by atoms with van der Waals surface area (Å²) in [4.78, 5) is 39.6. The topological polar surface area (TPSA) is 107 Å². The number of thioether (sulfide) groups is 1. The molecule has 0 spiro atoms. The number of carbonyl (C=O) groups is 2. The van der Waals surface area contributed by atoms with Crippen molar-refractivity contribution in [2.24, 2.45) is 5.73 Å². The van der Waals surface area contributed by atoms with Gasteiger partial charge in [-0.1, -0.05) is 30.8 Å². The van der Waals surface area contributed by atoms with E-state index in [4.69, 9.17) is 5.73 Å². The van der Waals surface area contributed by atoms with E-state index in [2.05, 4.69) is 10.4 Å². The van der Waals surface area contributed by atoms with Crippen LogP contribution in [0, 0.1) is 0 Å². The van der Waals surface area contributed by atoms with Crippen molar-refractivity contribution in [1.82, 2.24) is 9.66 Å². The number of nitrogens with zero attached hydrogens (tertiary/aromatic N) is 2. The Morgan fingerprint density at radius 3 is 2.77 bits per heavy atom. The Hall–Kier alpha value is -2.35. The first-order valence-corrected chi connectivity index (χ1v) is 7.74. The molecule has 0 atom stereocenters. The molecule has 8 heteroatoms. The SMILES string of the molecule is CCCC(=O)Nn1c(SCC(N)=O)nc2ccccc2c1=O. The number of amides is 2. The van der Waals surface area contributed by atoms with Crippen molar-refractivity contribution in [2.75, 3.05) is 11.2 Å². The number of benzene rings is 1. The molecular formula is C14H16N4O3S. The number of rotatable bonds is 6. The molecule has 1 aromatic carbocycles. The Labute approximate surface area is 130 Å². The molecule has 0 saturated carbocycles. The Balaban J connectivity index is 2.50. The predicted octanol–water partition coefficient (Wildman–Crippen LogP) is 0.844. The van der Waals surface area contributed by atoms with Crippen LogP contribution in [-0.4, -0.2) is 27.2 Å². The Morgan fingerprint density at radius 1 is 1.36 bits per heavy atom. The summed E-state index contributed by atoms with van der Waals surface area (Å²) in [5, 5.41) is 0.620. The second kappa shape index (κ2) is 7.08. The minimum atomic E-state index is -0.529. The highest BCUT2D eigenvalue weighted by molar-refractivity contribution is 7.99. The van der Waals surface area contributed by atoms with Crippen LogP contribution in [0.2, 0.25) is 0 Å². The van der Waals surface area contributed by atoms with Gasteiger partial charge in [-0.15, -0.1) is 0 Å². The summed E-state index contributed by atoms with van der Waals surface area (Å²) in [6, 6.07) is 6.82. The number of nitrogens with one attached hydrogen (secondary N) is 1. The molecule has 3 N–H and O–H groups in total. The van der Waals surface area contributed by atoms with E-state index in [0.29, 0.717) is 23.7 Å². The maximum atomic E-state index is 12.5. The normalized spacial score (nSPS) is 10.6. The lowest BCUT2D eigenvalue weighted by Crippen LogP contribution is -2.35. The summed E-state index contributed by atoms with van der Waals surface area (Å²) in [6.07, 6.45) is 0.949. The van der Waals surface area contributed by atoms with Crippen molar-refractivity contribution < 1.29 is 9.59 Å². The number of carbonyl (C=O) groups excluding carboxylic acids is 2. The number of hydrogen-bond donors (Lipinski definition) is 2. The number of nitrogens with two attached hydrogens (primary N) is 1. The van der Waals surface area contributed by atoms with Crippen LogP contribution in [-0.2, 0) is 9.59 Å². The molecule has 0 aliphatic heterocycles. The summed E-state index contributed by atoms with van der Waals surface area (Å²) in [5.74, 6) is -0.851. The molecule has 0 unspecified atom stereocenters. The molecule has 0 fully saturated rings. The highest BCUT2D eigenvalue weighted by Gasteiger charge is 2.14. The summed E-state index contributed by atoms with van der Waals surface area (Å²) in [7, 11) is 0. The van der Waals surface area contributed by atoms with Gasteiger partial charge in [0.15, 0.2) is 5.16 Å². The van der Waals surface area contributed by atoms with Crippen molar-refractivity contribution >= 4 is 34.5 Å². The molecule has 1 aromatic heterocycles. The van der Waals surface area contributed by atoms with Crippen LogP contribution >= 0.6 is 11.8 Å². The van der Waals surface area contributed by atoms with E-state index < -0.39 is 5.91 Å². The third-order valence-electron chi connectivity index (χ3n) is 2.80. The predicted molar refractivity (Wildman–Crippen MR) is 85.2 cm³/mol. The van der Waals surface area contributed by atoms with Crippen LogP contribution in [0.3, 0.4) is 0 Å². The molecule has 2 amide bonds. The quantitative estimate of drug-likeness (QED) is 0.606. The van der Waals surface area contributed by atoms with Gasteiger partial charge in [0.2, 0.25) is 11.8 Å². The molecule has 0 bridgehead atoms. The Morgan fingerprint density at radius 2 is 2.09 bits per heavy atom. The fraction of sp³-hybridized carbons (Fsp3) is 0.286. The fourth-order valence-corrected chi connectivity index (χ4v) is 2.54. The number of hydrogen-bond acceptors (Lipinski definition) is 5. The van der Waals surface area contributed by atoms with Crippen LogP contribution in [0.5, 0.6) is 0 Å². The van der Waals surface area contributed by atoms with Gasteiger partial charge in [0.25, 0.3) is 5.56 Å². The molecule has 0 aliphatic carbocycles. The van der Waals surface area contributed by atoms with E-state index in [0.717, 1.165) is 16.4 Å². The zero-order valence-corrected chi connectivity index (χ0v) is 12.9. The standard InChI is InChI=1S/C14H16N4O3S/c1-2-5-12(20)17-18-13(21)9-6-3-4-7-10(9)16-14(18)22-8-11(15)19/h3-4,6-7H,2,5,8H2,1H3,(H2,15,19)(H,17,20). The van der Waals surface area contributed by atoms with E-state index in [1.165, 1.54) is 0 Å². The minimum Gasteiger partial charge on any atom is -0.369 e. The number of primary amides is 1. The van der Waals surface area contributed by atoms with E-state index in [-0.39, 0.29) is 22.4 Å². The van der Waals surface area contributed by atoms with E-state index in [1.807, 2.05) is 6.92 Å². The van der Waals surface area contributed by atoms with Gasteiger partial charge in [0.1, 0.15) is 0 Å². The van der Waals surface area contributed by atoms with Gasteiger partial charge in [0, 0.05) is 6.42 Å². The highest BCUT2D eigenvalue weighted by Crippen LogP contribution is 2.16. The first kappa shape index (κ1) is 16.0. The molecular weight excluding hydrogens is 304 g/mol. The van der Waals surface area contributed by atoms with E-state index in [9.17, 15) is 14.4 Å². The van der Waals surface area contributed by atoms with Crippen LogP contribution < -0.4 is 16.7 Å². The van der Waals surface area contributed by atoms with Gasteiger partial charge in [-0.05, 0) is 18.6 Å². The van der Waals surface area contributed by atoms with Gasteiger partial charge in [-0.3, -0.25) is 19.8 Å². The summed E-state index contributed by atoms with van der Waals surface area (Å²) in [5.41, 5.74) is 7.77. The molecule has 1 heterocycles. The van der Waals surface area contributed by atoms with Crippen LogP contribution in [0.25, 0.3) is 10.9 Å². The number of para-hydroxylation sites is 1. The lowest BCUT2D eigenvalue weighted by atomic mass is 10.2. The maximum Gasteiger partial charge on any atom is 0.281 e. The van der Waals surface area contributed by atoms with Gasteiger partial charge in [-0.25, -0.2) is 4.98 Å². The van der Waals surface area contributed by atoms with Gasteiger partial charge in [0.05, 0.1) is 16.7 Å². The van der Waals surface area contributed by atoms with E-state index in [1.54, 1.807) is 24.3 Å². The smallest absolute Gasteiger partial charge is 0.281 e. The molecule has 22 heavy (non-hydrogen) atoms. The lowest BCUT2D eigenvalue weighted by Gasteiger charge is -2.13. The largest absolute Gasteiger partial charge is 0.369 e. The zero-order chi connectivity index (χ0) is 16.1. The molecule has 0 aliphatic rings. The lowest BCUT2D eigenvalue weighted by molar-refractivity contribution is -0.117. The monoisotopic (exact) mass is 320 g/mol. The Kier molecular flexibility index (Phi) is 5.16. The third kappa shape index (κ3) is 3.64. The fourth-order valence-electron chi connectivity index (χ4n) is 1.85. The molecule has 2 rings (SSSR count). The van der Waals surface area contributed by atoms with Gasteiger partial charge >= 0.3 is 0 Å². The summed E-state index contributed by atoms with van der Waals surface area (Å²) >= 11 is 1.01. The average Bonchev–Trinajstić information content (AvgIpc) is 2.48. The van der Waals surface area contributed by atoms with Crippen molar-refractivity contribution in [3.8, 4) is 0 Å². The second-order valence-corrected chi connectivity index (χ2v) is 5.53. The summed E-state index contributed by atoms with van der Waals surface area (Å²) < 4.78 is 1.08. The van der Waals surface area contributed by atoms with Crippen LogP contribution in [0.4, 0.5) is 0 Å². The first-order chi connectivity index (χ1) is 10.5. The molecule has 116 valence electrons. The van der Waals surface area contributed by atoms with E-state index >= 15 is 0 Å². The highest BCUT2D eigenvalue weighted by atomic mass is 32.2. The van der Waals surface area contributed by atoms with Crippen molar-refractivity contribution in [1.29, 1.82) is 0 Å². The molecule has 2 aromatic rings. The minimum absolute atomic E-state index is 0.0333. The average molecular weight is 320 g/mol. The second-order valence-electron chi connectivity index (χ2n) is 4.59. The van der Waals surface area contributed by atoms with Gasteiger partial charge < -0.3 is 5.73 Å². The Bertz CT molecular complexity index is 772. The van der Waals surface area contributed by atoms with Crippen molar-refractivity contribution in [3.05, 3.63) is 34.6 Å². The van der Waals surface area contributed by atoms with Crippen molar-refractivity contribution in [3.63, 3.8) is 0 Å². The van der Waals surface area contributed by atoms with Crippen molar-refractivity contribution in [2.45, 2.75) is 24.9 Å². The maximum absolute atomic E-state index is 12.5. The first-order valence-electron chi connectivity index (χ1n) is 6.75. The zero-order valence-electron chi connectivity index (χ0n) is 12.0. The molecule has 0 saturated heterocycles. The van der Waals surface area contributed by atoms with Crippen LogP contribution in [0.1, 0.15) is 19.8 Å². The van der Waals surface area contributed by atoms with Gasteiger partial charge in [-0.2, -0.15) is 4.68 Å². The van der Waals surface area contributed by atoms with Crippen LogP contribution in [0.15, 0.2) is 34.2 Å². The molecule has 7 nitrogen and oxygen atoms in total. The summed E-state index contributed by atoms with van der Waals surface area (Å²) in [6.45, 7) is 1.86. The molecule has 0 radical (unpaired) electrons. The number of aromatic nitrogens is 2.